The molecule has 2 rings (SSSR count). The number of anilines is 1. The van der Waals surface area contributed by atoms with Gasteiger partial charge in [-0.05, 0) is 55.2 Å². The molecule has 0 radical (unpaired) electrons. The predicted octanol–water partition coefficient (Wildman–Crippen LogP) is 4.07. The molecular formula is C16H18FNO. The molecule has 0 aliphatic carbocycles. The van der Waals surface area contributed by atoms with Gasteiger partial charge in [0.25, 0.3) is 0 Å². The molecule has 0 aliphatic heterocycles. The molecule has 0 spiro atoms. The summed E-state index contributed by atoms with van der Waals surface area (Å²) in [5, 5.41) is 12.9. The van der Waals surface area contributed by atoms with Gasteiger partial charge in [-0.3, -0.25) is 0 Å². The van der Waals surface area contributed by atoms with E-state index in [9.17, 15) is 9.50 Å². The molecule has 0 bridgehead atoms. The first-order valence-corrected chi connectivity index (χ1v) is 6.26. The van der Waals surface area contributed by atoms with Crippen molar-refractivity contribution in [3.63, 3.8) is 0 Å². The molecule has 100 valence electrons. The zero-order valence-corrected chi connectivity index (χ0v) is 11.4. The van der Waals surface area contributed by atoms with E-state index in [1.165, 1.54) is 6.07 Å². The lowest BCUT2D eigenvalue weighted by Crippen LogP contribution is -2.01. The number of benzene rings is 2. The van der Waals surface area contributed by atoms with Crippen molar-refractivity contribution in [1.29, 1.82) is 0 Å². The second-order valence-electron chi connectivity index (χ2n) is 4.90. The van der Waals surface area contributed by atoms with Crippen LogP contribution in [0.5, 0.6) is 5.75 Å². The maximum atomic E-state index is 13.4. The van der Waals surface area contributed by atoms with Crippen molar-refractivity contribution in [2.45, 2.75) is 27.3 Å². The van der Waals surface area contributed by atoms with Crippen molar-refractivity contribution in [3.05, 3.63) is 58.4 Å². The first-order chi connectivity index (χ1) is 8.97. The highest BCUT2D eigenvalue weighted by Crippen LogP contribution is 2.23. The number of aromatic hydroxyl groups is 1. The van der Waals surface area contributed by atoms with E-state index in [-0.39, 0.29) is 5.82 Å². The van der Waals surface area contributed by atoms with Gasteiger partial charge in [0, 0.05) is 12.2 Å². The number of aryl methyl sites for hydroxylation is 3. The molecule has 2 nitrogen and oxygen atoms in total. The van der Waals surface area contributed by atoms with Gasteiger partial charge in [-0.2, -0.15) is 0 Å². The van der Waals surface area contributed by atoms with E-state index < -0.39 is 0 Å². The maximum Gasteiger partial charge on any atom is 0.128 e. The smallest absolute Gasteiger partial charge is 0.128 e. The highest BCUT2D eigenvalue weighted by Gasteiger charge is 2.04. The largest absolute Gasteiger partial charge is 0.507 e. The molecule has 0 unspecified atom stereocenters. The minimum absolute atomic E-state index is 0.205. The number of nitrogens with one attached hydrogen (secondary N) is 1. The van der Waals surface area contributed by atoms with Gasteiger partial charge in [-0.1, -0.05) is 18.2 Å². The summed E-state index contributed by atoms with van der Waals surface area (Å²) < 4.78 is 13.4. The minimum atomic E-state index is -0.205. The SMILES string of the molecule is Cc1ccc(NCc2cc(C)c(O)c(C)c2)cc1F. The van der Waals surface area contributed by atoms with Crippen molar-refractivity contribution in [2.24, 2.45) is 0 Å². The monoisotopic (exact) mass is 259 g/mol. The Labute approximate surface area is 112 Å². The Hall–Kier alpha value is -2.03. The second kappa shape index (κ2) is 5.31. The van der Waals surface area contributed by atoms with E-state index in [0.717, 1.165) is 22.4 Å². The number of rotatable bonds is 3. The molecule has 0 heterocycles. The van der Waals surface area contributed by atoms with E-state index >= 15 is 0 Å². The Balaban J connectivity index is 2.12. The molecule has 0 atom stereocenters. The van der Waals surface area contributed by atoms with Crippen LogP contribution in [0.1, 0.15) is 22.3 Å². The van der Waals surface area contributed by atoms with Gasteiger partial charge >= 0.3 is 0 Å². The van der Waals surface area contributed by atoms with Crippen LogP contribution in [0.4, 0.5) is 10.1 Å². The third-order valence-electron chi connectivity index (χ3n) is 3.22. The first kappa shape index (κ1) is 13.4. The molecule has 2 aromatic rings. The van der Waals surface area contributed by atoms with E-state index in [4.69, 9.17) is 0 Å². The Kier molecular flexibility index (Phi) is 3.74. The number of halogens is 1. The van der Waals surface area contributed by atoms with Crippen molar-refractivity contribution in [1.82, 2.24) is 0 Å². The van der Waals surface area contributed by atoms with Crippen molar-refractivity contribution >= 4 is 5.69 Å². The topological polar surface area (TPSA) is 32.3 Å². The summed E-state index contributed by atoms with van der Waals surface area (Å²) in [6.07, 6.45) is 0. The maximum absolute atomic E-state index is 13.4. The summed E-state index contributed by atoms with van der Waals surface area (Å²) in [5.41, 5.74) is 4.17. The fourth-order valence-electron chi connectivity index (χ4n) is 2.05. The molecule has 2 N–H and O–H groups in total. The van der Waals surface area contributed by atoms with Gasteiger partial charge in [0.1, 0.15) is 11.6 Å². The number of hydrogen-bond acceptors (Lipinski definition) is 2. The van der Waals surface area contributed by atoms with Crippen LogP contribution >= 0.6 is 0 Å². The van der Waals surface area contributed by atoms with Gasteiger partial charge in [-0.25, -0.2) is 4.39 Å². The van der Waals surface area contributed by atoms with E-state index in [1.807, 2.05) is 32.0 Å². The third kappa shape index (κ3) is 3.05. The van der Waals surface area contributed by atoms with Crippen LogP contribution in [0.2, 0.25) is 0 Å². The van der Waals surface area contributed by atoms with Crippen LogP contribution in [-0.4, -0.2) is 5.11 Å². The molecule has 3 heteroatoms. The fourth-order valence-corrected chi connectivity index (χ4v) is 2.05. The molecule has 0 saturated heterocycles. The van der Waals surface area contributed by atoms with E-state index in [0.29, 0.717) is 17.9 Å². The summed E-state index contributed by atoms with van der Waals surface area (Å²) in [4.78, 5) is 0. The van der Waals surface area contributed by atoms with Gasteiger partial charge in [0.05, 0.1) is 0 Å². The average Bonchev–Trinajstić information content (AvgIpc) is 2.37. The Morgan fingerprint density at radius 2 is 1.63 bits per heavy atom. The Morgan fingerprint density at radius 3 is 2.21 bits per heavy atom. The quantitative estimate of drug-likeness (QED) is 0.871. The minimum Gasteiger partial charge on any atom is -0.507 e. The lowest BCUT2D eigenvalue weighted by Gasteiger charge is -2.10. The van der Waals surface area contributed by atoms with Crippen molar-refractivity contribution in [2.75, 3.05) is 5.32 Å². The van der Waals surface area contributed by atoms with Gasteiger partial charge in [-0.15, -0.1) is 0 Å². The van der Waals surface area contributed by atoms with Gasteiger partial charge in [0.2, 0.25) is 0 Å². The highest BCUT2D eigenvalue weighted by molar-refractivity contribution is 5.47. The van der Waals surface area contributed by atoms with Crippen LogP contribution in [-0.2, 0) is 6.54 Å². The molecule has 0 aromatic heterocycles. The number of phenols is 1. The molecule has 0 aliphatic rings. The lowest BCUT2D eigenvalue weighted by atomic mass is 10.1. The summed E-state index contributed by atoms with van der Waals surface area (Å²) in [6.45, 7) is 6.09. The molecule has 19 heavy (non-hydrogen) atoms. The Bertz CT molecular complexity index is 585. The molecule has 0 fully saturated rings. The molecule has 0 saturated carbocycles. The zero-order chi connectivity index (χ0) is 14.0. The second-order valence-corrected chi connectivity index (χ2v) is 4.90. The summed E-state index contributed by atoms with van der Waals surface area (Å²) in [7, 11) is 0. The average molecular weight is 259 g/mol. The predicted molar refractivity (Wildman–Crippen MR) is 76.0 cm³/mol. The lowest BCUT2D eigenvalue weighted by molar-refractivity contribution is 0.466. The summed E-state index contributed by atoms with van der Waals surface area (Å²) >= 11 is 0. The highest BCUT2D eigenvalue weighted by atomic mass is 19.1. The van der Waals surface area contributed by atoms with Crippen LogP contribution in [0, 0.1) is 26.6 Å². The Morgan fingerprint density at radius 1 is 1.00 bits per heavy atom. The van der Waals surface area contributed by atoms with Crippen LogP contribution in [0.15, 0.2) is 30.3 Å². The molecular weight excluding hydrogens is 241 g/mol. The van der Waals surface area contributed by atoms with Crippen LogP contribution < -0.4 is 5.32 Å². The van der Waals surface area contributed by atoms with E-state index in [1.54, 1.807) is 13.0 Å². The zero-order valence-electron chi connectivity index (χ0n) is 11.4. The molecule has 2 aromatic carbocycles. The summed E-state index contributed by atoms with van der Waals surface area (Å²) in [6, 6.07) is 8.97. The standard InChI is InChI=1S/C16H18FNO/c1-10-4-5-14(8-15(10)17)18-9-13-6-11(2)16(19)12(3)7-13/h4-8,18-19H,9H2,1-3H3. The fraction of sp³-hybridized carbons (Fsp3) is 0.250. The number of hydrogen-bond donors (Lipinski definition) is 2. The van der Waals surface area contributed by atoms with Gasteiger partial charge in [0.15, 0.2) is 0 Å². The molecule has 0 amide bonds. The third-order valence-corrected chi connectivity index (χ3v) is 3.22. The number of phenolic OH excluding ortho intramolecular Hbond substituents is 1. The normalized spacial score (nSPS) is 10.5. The summed E-state index contributed by atoms with van der Waals surface area (Å²) in [5.74, 6) is 0.133. The van der Waals surface area contributed by atoms with E-state index in [2.05, 4.69) is 5.32 Å². The van der Waals surface area contributed by atoms with Gasteiger partial charge < -0.3 is 10.4 Å². The van der Waals surface area contributed by atoms with Crippen LogP contribution in [0.25, 0.3) is 0 Å². The van der Waals surface area contributed by atoms with Crippen LogP contribution in [0.3, 0.4) is 0 Å². The van der Waals surface area contributed by atoms with Crippen molar-refractivity contribution < 1.29 is 9.50 Å². The first-order valence-electron chi connectivity index (χ1n) is 6.26. The van der Waals surface area contributed by atoms with Crippen molar-refractivity contribution in [3.8, 4) is 5.75 Å².